The van der Waals surface area contributed by atoms with Crippen LogP contribution in [-0.4, -0.2) is 26.2 Å². The fourth-order valence-corrected chi connectivity index (χ4v) is 5.18. The van der Waals surface area contributed by atoms with Gasteiger partial charge in [-0.15, -0.1) is 0 Å². The lowest BCUT2D eigenvalue weighted by molar-refractivity contribution is -0.118. The van der Waals surface area contributed by atoms with E-state index in [4.69, 9.17) is 4.74 Å². The standard InChI is InChI=1S/C21H25NO4S/c1-15-7-8-16(2)20(13-15)26-14-21(23)22-17-9-11-19(12-10-17)27(24,25)18-5-3-4-6-18/h7-13,18H,3-6,14H2,1-2H3,(H,22,23). The number of ether oxygens (including phenoxy) is 1. The molecule has 27 heavy (non-hydrogen) atoms. The summed E-state index contributed by atoms with van der Waals surface area (Å²) in [4.78, 5) is 12.4. The fourth-order valence-electron chi connectivity index (χ4n) is 3.32. The van der Waals surface area contributed by atoms with Gasteiger partial charge in [0.05, 0.1) is 10.1 Å². The summed E-state index contributed by atoms with van der Waals surface area (Å²) >= 11 is 0. The van der Waals surface area contributed by atoms with Crippen LogP contribution in [0.1, 0.15) is 36.8 Å². The highest BCUT2D eigenvalue weighted by atomic mass is 32.2. The van der Waals surface area contributed by atoms with Crippen molar-refractivity contribution < 1.29 is 17.9 Å². The van der Waals surface area contributed by atoms with Crippen LogP contribution in [-0.2, 0) is 14.6 Å². The summed E-state index contributed by atoms with van der Waals surface area (Å²) in [5.74, 6) is 0.394. The highest BCUT2D eigenvalue weighted by Crippen LogP contribution is 2.30. The van der Waals surface area contributed by atoms with Crippen molar-refractivity contribution in [2.24, 2.45) is 0 Å². The Labute approximate surface area is 160 Å². The van der Waals surface area contributed by atoms with E-state index in [0.29, 0.717) is 16.3 Å². The first-order valence-corrected chi connectivity index (χ1v) is 10.7. The van der Waals surface area contributed by atoms with E-state index >= 15 is 0 Å². The van der Waals surface area contributed by atoms with Gasteiger partial charge in [0.25, 0.3) is 5.91 Å². The number of benzene rings is 2. The molecule has 1 amide bonds. The third kappa shape index (κ3) is 4.69. The first-order chi connectivity index (χ1) is 12.9. The molecular weight excluding hydrogens is 362 g/mol. The topological polar surface area (TPSA) is 72.5 Å². The van der Waals surface area contributed by atoms with Gasteiger partial charge in [0.1, 0.15) is 5.75 Å². The van der Waals surface area contributed by atoms with Gasteiger partial charge in [0, 0.05) is 5.69 Å². The van der Waals surface area contributed by atoms with Crippen LogP contribution in [0.25, 0.3) is 0 Å². The molecule has 1 aliphatic rings. The zero-order valence-corrected chi connectivity index (χ0v) is 16.5. The number of hydrogen-bond donors (Lipinski definition) is 1. The summed E-state index contributed by atoms with van der Waals surface area (Å²) in [6, 6.07) is 12.2. The van der Waals surface area contributed by atoms with E-state index in [1.165, 1.54) is 0 Å². The fraction of sp³-hybridized carbons (Fsp3) is 0.381. The van der Waals surface area contributed by atoms with Gasteiger partial charge in [-0.2, -0.15) is 0 Å². The normalized spacial score (nSPS) is 14.9. The van der Waals surface area contributed by atoms with E-state index in [9.17, 15) is 13.2 Å². The minimum Gasteiger partial charge on any atom is -0.483 e. The summed E-state index contributed by atoms with van der Waals surface area (Å²) < 4.78 is 30.7. The Hall–Kier alpha value is -2.34. The van der Waals surface area contributed by atoms with Crippen LogP contribution in [0.3, 0.4) is 0 Å². The predicted octanol–water partition coefficient (Wildman–Crippen LogP) is 4.04. The highest BCUT2D eigenvalue weighted by Gasteiger charge is 2.30. The molecule has 2 aromatic rings. The molecule has 1 aliphatic carbocycles. The molecule has 0 aromatic heterocycles. The van der Waals surface area contributed by atoms with Crippen LogP contribution < -0.4 is 10.1 Å². The van der Waals surface area contributed by atoms with E-state index in [1.807, 2.05) is 32.0 Å². The number of rotatable bonds is 6. The molecule has 6 heteroatoms. The van der Waals surface area contributed by atoms with Crippen molar-refractivity contribution >= 4 is 21.4 Å². The molecule has 0 aliphatic heterocycles. The lowest BCUT2D eigenvalue weighted by atomic mass is 10.1. The smallest absolute Gasteiger partial charge is 0.262 e. The number of anilines is 1. The number of nitrogens with one attached hydrogen (secondary N) is 1. The van der Waals surface area contributed by atoms with Crippen LogP contribution in [0.2, 0.25) is 0 Å². The second-order valence-corrected chi connectivity index (χ2v) is 9.31. The van der Waals surface area contributed by atoms with Gasteiger partial charge in [-0.3, -0.25) is 4.79 Å². The van der Waals surface area contributed by atoms with Crippen molar-refractivity contribution in [3.8, 4) is 5.75 Å². The maximum absolute atomic E-state index is 12.6. The molecular formula is C21H25NO4S. The Kier molecular flexibility index (Phi) is 5.85. The van der Waals surface area contributed by atoms with Crippen molar-refractivity contribution in [2.45, 2.75) is 49.7 Å². The van der Waals surface area contributed by atoms with E-state index < -0.39 is 9.84 Å². The first kappa shape index (κ1) is 19.4. The number of hydrogen-bond acceptors (Lipinski definition) is 4. The molecule has 1 fully saturated rings. The third-order valence-electron chi connectivity index (χ3n) is 4.91. The molecule has 0 atom stereocenters. The average Bonchev–Trinajstić information content (AvgIpc) is 3.18. The molecule has 1 saturated carbocycles. The lowest BCUT2D eigenvalue weighted by Gasteiger charge is -2.12. The summed E-state index contributed by atoms with van der Waals surface area (Å²) in [6.45, 7) is 3.79. The molecule has 0 bridgehead atoms. The van der Waals surface area contributed by atoms with E-state index in [-0.39, 0.29) is 17.8 Å². The Bertz CT molecular complexity index is 914. The van der Waals surface area contributed by atoms with Crippen molar-refractivity contribution in [2.75, 3.05) is 11.9 Å². The zero-order valence-electron chi connectivity index (χ0n) is 15.7. The maximum Gasteiger partial charge on any atom is 0.262 e. The molecule has 1 N–H and O–H groups in total. The second kappa shape index (κ2) is 8.13. The molecule has 0 saturated heterocycles. The van der Waals surface area contributed by atoms with Gasteiger partial charge in [-0.25, -0.2) is 8.42 Å². The van der Waals surface area contributed by atoms with Crippen molar-refractivity contribution in [1.29, 1.82) is 0 Å². The van der Waals surface area contributed by atoms with E-state index in [0.717, 1.165) is 36.8 Å². The molecule has 0 heterocycles. The highest BCUT2D eigenvalue weighted by molar-refractivity contribution is 7.92. The molecule has 5 nitrogen and oxygen atoms in total. The Morgan fingerprint density at radius 3 is 2.41 bits per heavy atom. The van der Waals surface area contributed by atoms with Crippen molar-refractivity contribution in [3.63, 3.8) is 0 Å². The molecule has 2 aromatic carbocycles. The second-order valence-electron chi connectivity index (χ2n) is 7.08. The monoisotopic (exact) mass is 387 g/mol. The summed E-state index contributed by atoms with van der Waals surface area (Å²) in [7, 11) is -3.28. The Morgan fingerprint density at radius 2 is 1.74 bits per heavy atom. The summed E-state index contributed by atoms with van der Waals surface area (Å²) in [5.41, 5.74) is 2.58. The number of carbonyl (C=O) groups is 1. The minimum atomic E-state index is -3.28. The molecule has 0 radical (unpaired) electrons. The maximum atomic E-state index is 12.6. The van der Waals surface area contributed by atoms with Gasteiger partial charge >= 0.3 is 0 Å². The SMILES string of the molecule is Cc1ccc(C)c(OCC(=O)Nc2ccc(S(=O)(=O)C3CCCC3)cc2)c1. The third-order valence-corrected chi connectivity index (χ3v) is 7.19. The average molecular weight is 388 g/mol. The zero-order chi connectivity index (χ0) is 19.4. The van der Waals surface area contributed by atoms with Gasteiger partial charge in [0.2, 0.25) is 0 Å². The minimum absolute atomic E-state index is 0.105. The number of aryl methyl sites for hydroxylation is 2. The van der Waals surface area contributed by atoms with E-state index in [1.54, 1.807) is 24.3 Å². The van der Waals surface area contributed by atoms with Crippen molar-refractivity contribution in [3.05, 3.63) is 53.6 Å². The Balaban J connectivity index is 1.59. The molecule has 0 unspecified atom stereocenters. The lowest BCUT2D eigenvalue weighted by Crippen LogP contribution is -2.21. The van der Waals surface area contributed by atoms with Crippen LogP contribution in [0.4, 0.5) is 5.69 Å². The van der Waals surface area contributed by atoms with Crippen molar-refractivity contribution in [1.82, 2.24) is 0 Å². The number of sulfone groups is 1. The number of amides is 1. The largest absolute Gasteiger partial charge is 0.483 e. The quantitative estimate of drug-likeness (QED) is 0.812. The first-order valence-electron chi connectivity index (χ1n) is 9.20. The van der Waals surface area contributed by atoms with E-state index in [2.05, 4.69) is 5.32 Å². The summed E-state index contributed by atoms with van der Waals surface area (Å²) in [5, 5.41) is 2.46. The van der Waals surface area contributed by atoms with Crippen LogP contribution >= 0.6 is 0 Å². The predicted molar refractivity (Wildman–Crippen MR) is 106 cm³/mol. The molecule has 3 rings (SSSR count). The molecule has 144 valence electrons. The van der Waals surface area contributed by atoms with Gasteiger partial charge in [0.15, 0.2) is 16.4 Å². The van der Waals surface area contributed by atoms with Crippen LogP contribution in [0, 0.1) is 13.8 Å². The summed E-state index contributed by atoms with van der Waals surface area (Å²) in [6.07, 6.45) is 3.41. The van der Waals surface area contributed by atoms with Crippen LogP contribution in [0.5, 0.6) is 5.75 Å². The van der Waals surface area contributed by atoms with Crippen LogP contribution in [0.15, 0.2) is 47.4 Å². The van der Waals surface area contributed by atoms with Gasteiger partial charge in [-0.05, 0) is 68.1 Å². The van der Waals surface area contributed by atoms with Gasteiger partial charge < -0.3 is 10.1 Å². The number of carbonyl (C=O) groups excluding carboxylic acids is 1. The molecule has 0 spiro atoms. The Morgan fingerprint density at radius 1 is 1.07 bits per heavy atom. The van der Waals surface area contributed by atoms with Gasteiger partial charge in [-0.1, -0.05) is 25.0 Å².